The molecule has 1 aromatic heterocycles. The number of piperidine rings is 1. The Morgan fingerprint density at radius 2 is 1.51 bits per heavy atom. The molecule has 1 spiro atoms. The first kappa shape index (κ1) is 22.5. The van der Waals surface area contributed by atoms with Gasteiger partial charge in [0.1, 0.15) is 5.82 Å². The lowest BCUT2D eigenvalue weighted by Gasteiger charge is -2.43. The van der Waals surface area contributed by atoms with E-state index in [0.717, 1.165) is 59.7 Å². The summed E-state index contributed by atoms with van der Waals surface area (Å²) in [4.78, 5) is 11.5. The van der Waals surface area contributed by atoms with Crippen molar-refractivity contribution in [2.24, 2.45) is 0 Å². The van der Waals surface area contributed by atoms with Crippen molar-refractivity contribution in [3.8, 4) is 11.1 Å². The highest BCUT2D eigenvalue weighted by Crippen LogP contribution is 2.47. The Morgan fingerprint density at radius 3 is 2.31 bits per heavy atom. The van der Waals surface area contributed by atoms with Gasteiger partial charge in [0, 0.05) is 25.4 Å². The molecule has 2 aliphatic rings. The third-order valence-corrected chi connectivity index (χ3v) is 10.6. The molecule has 8 heteroatoms. The second-order valence-electron chi connectivity index (χ2n) is 8.97. The SMILES string of the molecule is O=S(=O)(c1cccc(-c2ccccc2)c1)N1CCSC12CCN(c1cnc3ccccc3n1)CC2. The van der Waals surface area contributed by atoms with Gasteiger partial charge in [-0.1, -0.05) is 54.6 Å². The van der Waals surface area contributed by atoms with Crippen LogP contribution in [0, 0.1) is 0 Å². The number of para-hydroxylation sites is 2. The summed E-state index contributed by atoms with van der Waals surface area (Å²) in [7, 11) is -3.62. The molecule has 6 nitrogen and oxygen atoms in total. The molecular weight excluding hydrogens is 476 g/mol. The molecule has 0 aliphatic carbocycles. The first-order chi connectivity index (χ1) is 17.1. The van der Waals surface area contributed by atoms with E-state index in [1.165, 1.54) is 0 Å². The highest BCUT2D eigenvalue weighted by Gasteiger charge is 2.50. The molecule has 0 radical (unpaired) electrons. The van der Waals surface area contributed by atoms with Gasteiger partial charge in [0.2, 0.25) is 10.0 Å². The maximum atomic E-state index is 13.9. The van der Waals surface area contributed by atoms with Crippen LogP contribution in [0.1, 0.15) is 12.8 Å². The Balaban J connectivity index is 1.25. The predicted molar refractivity (Wildman–Crippen MR) is 142 cm³/mol. The molecule has 2 aliphatic heterocycles. The van der Waals surface area contributed by atoms with E-state index in [0.29, 0.717) is 11.4 Å². The molecule has 35 heavy (non-hydrogen) atoms. The molecule has 3 aromatic carbocycles. The van der Waals surface area contributed by atoms with Crippen molar-refractivity contribution in [3.05, 3.63) is 85.1 Å². The number of hydrogen-bond acceptors (Lipinski definition) is 6. The van der Waals surface area contributed by atoms with E-state index in [2.05, 4.69) is 9.88 Å². The number of anilines is 1. The van der Waals surface area contributed by atoms with E-state index >= 15 is 0 Å². The zero-order chi connectivity index (χ0) is 23.9. The zero-order valence-electron chi connectivity index (χ0n) is 19.2. The minimum Gasteiger partial charge on any atom is -0.355 e. The van der Waals surface area contributed by atoms with Crippen molar-refractivity contribution < 1.29 is 8.42 Å². The third kappa shape index (κ3) is 4.09. The Hall–Kier alpha value is -2.94. The maximum absolute atomic E-state index is 13.9. The highest BCUT2D eigenvalue weighted by atomic mass is 32.2. The van der Waals surface area contributed by atoms with E-state index < -0.39 is 14.9 Å². The molecule has 178 valence electrons. The summed E-state index contributed by atoms with van der Waals surface area (Å²) < 4.78 is 29.5. The quantitative estimate of drug-likeness (QED) is 0.390. The molecule has 0 bridgehead atoms. The normalized spacial score (nSPS) is 18.3. The lowest BCUT2D eigenvalue weighted by molar-refractivity contribution is 0.266. The van der Waals surface area contributed by atoms with Crippen molar-refractivity contribution in [3.63, 3.8) is 0 Å². The van der Waals surface area contributed by atoms with Gasteiger partial charge < -0.3 is 4.90 Å². The fourth-order valence-electron chi connectivity index (χ4n) is 5.11. The highest BCUT2D eigenvalue weighted by molar-refractivity contribution is 8.02. The second-order valence-corrected chi connectivity index (χ2v) is 12.3. The average molecular weight is 503 g/mol. The molecule has 0 N–H and O–H groups in total. The van der Waals surface area contributed by atoms with Crippen LogP contribution in [0.25, 0.3) is 22.2 Å². The molecular formula is C27H26N4O2S2. The van der Waals surface area contributed by atoms with Gasteiger partial charge in [0.25, 0.3) is 0 Å². The van der Waals surface area contributed by atoms with Crippen LogP contribution in [0.15, 0.2) is 90.0 Å². The van der Waals surface area contributed by atoms with Gasteiger partial charge in [-0.25, -0.2) is 13.4 Å². The Morgan fingerprint density at radius 1 is 0.800 bits per heavy atom. The van der Waals surface area contributed by atoms with Gasteiger partial charge in [-0.3, -0.25) is 4.98 Å². The van der Waals surface area contributed by atoms with Gasteiger partial charge in [0.05, 0.1) is 27.0 Å². The van der Waals surface area contributed by atoms with Gasteiger partial charge >= 0.3 is 0 Å². The molecule has 6 rings (SSSR count). The lowest BCUT2D eigenvalue weighted by atomic mass is 10.0. The first-order valence-electron chi connectivity index (χ1n) is 11.8. The van der Waals surface area contributed by atoms with Gasteiger partial charge in [-0.05, 0) is 48.2 Å². The summed E-state index contributed by atoms with van der Waals surface area (Å²) in [6, 6.07) is 25.1. The van der Waals surface area contributed by atoms with E-state index in [4.69, 9.17) is 4.98 Å². The number of nitrogens with zero attached hydrogens (tertiary/aromatic N) is 4. The van der Waals surface area contributed by atoms with E-state index in [1.54, 1.807) is 28.2 Å². The number of fused-ring (bicyclic) bond motifs is 1. The summed E-state index contributed by atoms with van der Waals surface area (Å²) in [5.41, 5.74) is 3.69. The van der Waals surface area contributed by atoms with Crippen LogP contribution in [-0.4, -0.2) is 52.9 Å². The molecule has 0 unspecified atom stereocenters. The molecule has 0 amide bonds. The Kier molecular flexibility index (Phi) is 5.75. The van der Waals surface area contributed by atoms with E-state index in [-0.39, 0.29) is 0 Å². The zero-order valence-corrected chi connectivity index (χ0v) is 20.9. The van der Waals surface area contributed by atoms with Crippen LogP contribution in [0.5, 0.6) is 0 Å². The number of rotatable bonds is 4. The summed E-state index contributed by atoms with van der Waals surface area (Å²) in [6.45, 7) is 2.03. The smallest absolute Gasteiger partial charge is 0.244 e. The molecule has 4 aromatic rings. The number of aromatic nitrogens is 2. The monoisotopic (exact) mass is 502 g/mol. The maximum Gasteiger partial charge on any atom is 0.244 e. The molecule has 2 fully saturated rings. The van der Waals surface area contributed by atoms with Crippen molar-refractivity contribution >= 4 is 38.6 Å². The van der Waals surface area contributed by atoms with E-state index in [9.17, 15) is 8.42 Å². The number of thioether (sulfide) groups is 1. The molecule has 0 atom stereocenters. The van der Waals surface area contributed by atoms with Gasteiger partial charge in [-0.2, -0.15) is 4.31 Å². The predicted octanol–water partition coefficient (Wildman–Crippen LogP) is 5.03. The van der Waals surface area contributed by atoms with Crippen molar-refractivity contribution in [2.45, 2.75) is 22.6 Å². The van der Waals surface area contributed by atoms with Crippen molar-refractivity contribution in [2.75, 3.05) is 30.3 Å². The number of hydrogen-bond donors (Lipinski definition) is 0. The minimum atomic E-state index is -3.62. The van der Waals surface area contributed by atoms with Gasteiger partial charge in [-0.15, -0.1) is 11.8 Å². The summed E-state index contributed by atoms with van der Waals surface area (Å²) >= 11 is 1.78. The second kappa shape index (κ2) is 8.93. The standard InChI is InChI=1S/C27H26N4O2S2/c32-35(33,23-10-6-9-22(19-23)21-7-2-1-3-8-21)31-17-18-34-27(31)13-15-30(16-14-27)26-20-28-24-11-4-5-12-25(24)29-26/h1-12,19-20H,13-18H2. The molecule has 2 saturated heterocycles. The fraction of sp³-hybridized carbons (Fsp3) is 0.259. The van der Waals surface area contributed by atoms with Crippen LogP contribution in [0.4, 0.5) is 5.82 Å². The number of benzene rings is 3. The molecule has 3 heterocycles. The summed E-state index contributed by atoms with van der Waals surface area (Å²) in [6.07, 6.45) is 3.33. The molecule has 0 saturated carbocycles. The van der Waals surface area contributed by atoms with Gasteiger partial charge in [0.15, 0.2) is 0 Å². The number of sulfonamides is 1. The first-order valence-corrected chi connectivity index (χ1v) is 14.3. The minimum absolute atomic E-state index is 0.364. The largest absolute Gasteiger partial charge is 0.355 e. The average Bonchev–Trinajstić information content (AvgIpc) is 3.33. The lowest BCUT2D eigenvalue weighted by Crippen LogP contribution is -2.52. The van der Waals surface area contributed by atoms with Crippen molar-refractivity contribution in [1.29, 1.82) is 0 Å². The van der Waals surface area contributed by atoms with Crippen molar-refractivity contribution in [1.82, 2.24) is 14.3 Å². The topological polar surface area (TPSA) is 66.4 Å². The van der Waals surface area contributed by atoms with Crippen LogP contribution in [0.2, 0.25) is 0 Å². The summed E-state index contributed by atoms with van der Waals surface area (Å²) in [5, 5.41) is 0. The fourth-order valence-corrected chi connectivity index (χ4v) is 8.77. The van der Waals surface area contributed by atoms with E-state index in [1.807, 2.05) is 72.9 Å². The Labute approximate surface area is 210 Å². The van der Waals surface area contributed by atoms with Crippen LogP contribution in [-0.2, 0) is 10.0 Å². The summed E-state index contributed by atoms with van der Waals surface area (Å²) in [5.74, 6) is 1.67. The Bertz CT molecular complexity index is 1470. The van der Waals surface area contributed by atoms with Crippen LogP contribution < -0.4 is 4.90 Å². The third-order valence-electron chi connectivity index (χ3n) is 6.95. The van der Waals surface area contributed by atoms with Crippen LogP contribution in [0.3, 0.4) is 0 Å². The van der Waals surface area contributed by atoms with Crippen LogP contribution >= 0.6 is 11.8 Å².